The van der Waals surface area contributed by atoms with Crippen LogP contribution in [0.15, 0.2) is 154 Å². The first-order valence-electron chi connectivity index (χ1n) is 15.3. The molecule has 1 atom stereocenters. The number of thiazole rings is 1. The van der Waals surface area contributed by atoms with Gasteiger partial charge in [-0.05, 0) is 65.7 Å². The number of thioether (sulfide) groups is 1. The molecule has 50 heavy (non-hydrogen) atoms. The molecule has 11 heteroatoms. The predicted molar refractivity (Wildman–Crippen MR) is 207 cm³/mol. The van der Waals surface area contributed by atoms with Crippen molar-refractivity contribution in [3.8, 4) is 11.3 Å². The highest BCUT2D eigenvalue weighted by molar-refractivity contribution is 9.10. The molecule has 0 spiro atoms. The van der Waals surface area contributed by atoms with Crippen molar-refractivity contribution >= 4 is 85.2 Å². The first kappa shape index (κ1) is 34.8. The number of nitrogens with one attached hydrogen (secondary N) is 3. The fourth-order valence-corrected chi connectivity index (χ4v) is 7.14. The van der Waals surface area contributed by atoms with E-state index in [2.05, 4.69) is 36.9 Å². The van der Waals surface area contributed by atoms with Crippen molar-refractivity contribution in [1.82, 2.24) is 10.3 Å². The van der Waals surface area contributed by atoms with Crippen LogP contribution < -0.4 is 16.0 Å². The van der Waals surface area contributed by atoms with Gasteiger partial charge in [-0.25, -0.2) is 4.98 Å². The Morgan fingerprint density at radius 2 is 1.50 bits per heavy atom. The molecule has 1 unspecified atom stereocenters. The lowest BCUT2D eigenvalue weighted by Gasteiger charge is -2.17. The maximum absolute atomic E-state index is 13.8. The highest BCUT2D eigenvalue weighted by atomic mass is 79.9. The number of amides is 3. The number of nitrogens with zero attached hydrogens (tertiary/aromatic N) is 1. The molecule has 0 aliphatic heterocycles. The first-order valence-corrected chi connectivity index (χ1v) is 18.2. The van der Waals surface area contributed by atoms with Crippen molar-refractivity contribution in [2.24, 2.45) is 0 Å². The summed E-state index contributed by atoms with van der Waals surface area (Å²) in [5.41, 5.74) is 3.98. The molecule has 1 aromatic heterocycles. The molecule has 1 heterocycles. The smallest absolute Gasteiger partial charge is 0.272 e. The second kappa shape index (κ2) is 16.6. The summed E-state index contributed by atoms with van der Waals surface area (Å²) >= 11 is 12.5. The van der Waals surface area contributed by atoms with Crippen molar-refractivity contribution < 1.29 is 14.4 Å². The van der Waals surface area contributed by atoms with Gasteiger partial charge in [-0.3, -0.25) is 14.4 Å². The monoisotopic (exact) mass is 778 g/mol. The average molecular weight is 780 g/mol. The molecule has 0 radical (unpaired) electrons. The topological polar surface area (TPSA) is 100 Å². The average Bonchev–Trinajstić information content (AvgIpc) is 3.60. The van der Waals surface area contributed by atoms with Crippen LogP contribution in [0.25, 0.3) is 17.3 Å². The molecule has 248 valence electrons. The van der Waals surface area contributed by atoms with Gasteiger partial charge >= 0.3 is 0 Å². The summed E-state index contributed by atoms with van der Waals surface area (Å²) in [4.78, 5) is 45.9. The molecule has 5 aromatic carbocycles. The minimum atomic E-state index is -0.632. The summed E-state index contributed by atoms with van der Waals surface area (Å²) < 4.78 is 0.888. The largest absolute Gasteiger partial charge is 0.321 e. The van der Waals surface area contributed by atoms with Crippen molar-refractivity contribution in [3.63, 3.8) is 0 Å². The van der Waals surface area contributed by atoms with Crippen molar-refractivity contribution in [2.75, 3.05) is 10.6 Å². The highest BCUT2D eigenvalue weighted by Crippen LogP contribution is 2.38. The Hall–Kier alpha value is -5.00. The van der Waals surface area contributed by atoms with Gasteiger partial charge < -0.3 is 16.0 Å². The number of aromatic nitrogens is 1. The Morgan fingerprint density at radius 3 is 2.24 bits per heavy atom. The van der Waals surface area contributed by atoms with Crippen molar-refractivity contribution in [2.45, 2.75) is 10.1 Å². The second-order valence-electron chi connectivity index (χ2n) is 10.8. The molecule has 3 N–H and O–H groups in total. The SMILES string of the molecule is O=C(Nc1cccc(SC(C(=O)Nc2nc(-c3ccccc3Cl)cs2)c2ccccc2)c1)/C(=C/c1ccc(Br)cc1)NC(=O)c1ccccc1. The molecule has 0 aliphatic rings. The molecule has 0 saturated heterocycles. The molecular weight excluding hydrogens is 752 g/mol. The Labute approximate surface area is 311 Å². The van der Waals surface area contributed by atoms with Gasteiger partial charge in [0, 0.05) is 36.6 Å². The van der Waals surface area contributed by atoms with Crippen LogP contribution in [0.4, 0.5) is 10.8 Å². The van der Waals surface area contributed by atoms with E-state index in [0.29, 0.717) is 27.1 Å². The molecule has 7 nitrogen and oxygen atoms in total. The summed E-state index contributed by atoms with van der Waals surface area (Å²) in [6.45, 7) is 0. The lowest BCUT2D eigenvalue weighted by Crippen LogP contribution is -2.30. The van der Waals surface area contributed by atoms with E-state index < -0.39 is 17.1 Å². The van der Waals surface area contributed by atoms with Gasteiger partial charge in [0.25, 0.3) is 11.8 Å². The Balaban J connectivity index is 1.21. The van der Waals surface area contributed by atoms with Gasteiger partial charge in [-0.2, -0.15) is 0 Å². The van der Waals surface area contributed by atoms with E-state index in [4.69, 9.17) is 11.6 Å². The van der Waals surface area contributed by atoms with E-state index in [1.165, 1.54) is 23.1 Å². The van der Waals surface area contributed by atoms with Crippen molar-refractivity contribution in [1.29, 1.82) is 0 Å². The number of benzene rings is 5. The van der Waals surface area contributed by atoms with Crippen LogP contribution in [0.1, 0.15) is 26.7 Å². The third kappa shape index (κ3) is 9.16. The molecule has 0 fully saturated rings. The second-order valence-corrected chi connectivity index (χ2v) is 14.2. The Bertz CT molecular complexity index is 2160. The predicted octanol–water partition coefficient (Wildman–Crippen LogP) is 10.1. The van der Waals surface area contributed by atoms with Gasteiger partial charge in [0.2, 0.25) is 5.91 Å². The number of hydrogen-bond acceptors (Lipinski definition) is 6. The molecule has 6 rings (SSSR count). The Morgan fingerprint density at radius 1 is 0.800 bits per heavy atom. The summed E-state index contributed by atoms with van der Waals surface area (Å²) in [6, 6.07) is 40.2. The third-order valence-electron chi connectivity index (χ3n) is 7.28. The quantitative estimate of drug-likeness (QED) is 0.0898. The lowest BCUT2D eigenvalue weighted by atomic mass is 10.1. The number of halogens is 2. The van der Waals surface area contributed by atoms with Crippen molar-refractivity contribution in [3.05, 3.63) is 171 Å². The van der Waals surface area contributed by atoms with Crippen LogP contribution in [-0.2, 0) is 9.59 Å². The van der Waals surface area contributed by atoms with Crippen LogP contribution in [-0.4, -0.2) is 22.7 Å². The number of anilines is 2. The first-order chi connectivity index (χ1) is 24.3. The number of rotatable bonds is 11. The maximum Gasteiger partial charge on any atom is 0.272 e. The van der Waals surface area contributed by atoms with E-state index >= 15 is 0 Å². The minimum absolute atomic E-state index is 0.0698. The van der Waals surface area contributed by atoms with E-state index in [0.717, 1.165) is 26.1 Å². The summed E-state index contributed by atoms with van der Waals surface area (Å²) in [7, 11) is 0. The van der Waals surface area contributed by atoms with Gasteiger partial charge in [0.15, 0.2) is 5.13 Å². The Kier molecular flexibility index (Phi) is 11.6. The molecular formula is C39H28BrClN4O3S2. The zero-order valence-corrected chi connectivity index (χ0v) is 30.2. The molecule has 3 amide bonds. The van der Waals surface area contributed by atoms with Crippen LogP contribution >= 0.6 is 50.6 Å². The number of hydrogen-bond donors (Lipinski definition) is 3. The fraction of sp³-hybridized carbons (Fsp3) is 0.0256. The van der Waals surface area contributed by atoms with Gasteiger partial charge in [-0.15, -0.1) is 23.1 Å². The molecule has 0 saturated carbocycles. The van der Waals surface area contributed by atoms with E-state index in [1.807, 2.05) is 90.3 Å². The zero-order chi connectivity index (χ0) is 34.9. The van der Waals surface area contributed by atoms with Gasteiger partial charge in [0.05, 0.1) is 5.69 Å². The van der Waals surface area contributed by atoms with Crippen LogP contribution in [0.2, 0.25) is 5.02 Å². The summed E-state index contributed by atoms with van der Waals surface area (Å²) in [5.74, 6) is -1.17. The minimum Gasteiger partial charge on any atom is -0.321 e. The third-order valence-corrected chi connectivity index (χ3v) is 10.1. The maximum atomic E-state index is 13.8. The molecule has 0 bridgehead atoms. The van der Waals surface area contributed by atoms with Gasteiger partial charge in [-0.1, -0.05) is 112 Å². The van der Waals surface area contributed by atoms with Gasteiger partial charge in [0.1, 0.15) is 10.9 Å². The summed E-state index contributed by atoms with van der Waals surface area (Å²) in [5, 5.41) is 10.9. The lowest BCUT2D eigenvalue weighted by molar-refractivity contribution is -0.116. The van der Waals surface area contributed by atoms with Crippen LogP contribution in [0.3, 0.4) is 0 Å². The number of carbonyl (C=O) groups is 3. The van der Waals surface area contributed by atoms with E-state index in [9.17, 15) is 14.4 Å². The fourth-order valence-electron chi connectivity index (χ4n) is 4.85. The highest BCUT2D eigenvalue weighted by Gasteiger charge is 2.24. The zero-order valence-electron chi connectivity index (χ0n) is 26.2. The summed E-state index contributed by atoms with van der Waals surface area (Å²) in [6.07, 6.45) is 1.62. The normalized spacial score (nSPS) is 11.8. The number of carbonyl (C=O) groups excluding carboxylic acids is 3. The molecule has 0 aliphatic carbocycles. The van der Waals surface area contributed by atoms with Crippen LogP contribution in [0, 0.1) is 0 Å². The standard InChI is InChI=1S/C39H28BrClN4O3S2/c40-28-20-18-25(19-21-28)22-33(43-36(46)27-12-5-2-6-13-27)37(47)42-29-14-9-15-30(23-29)50-35(26-10-3-1-4-11-26)38(48)45-39-44-34(24-49-39)31-16-7-8-17-32(31)41/h1-24,35H,(H,42,47)(H,43,46)(H,44,45,48)/b33-22-. The van der Waals surface area contributed by atoms with E-state index in [-0.39, 0.29) is 11.6 Å². The van der Waals surface area contributed by atoms with E-state index in [1.54, 1.807) is 54.6 Å². The van der Waals surface area contributed by atoms with Crippen LogP contribution in [0.5, 0.6) is 0 Å². The molecule has 6 aromatic rings.